The molecule has 4 heteroatoms. The highest BCUT2D eigenvalue weighted by atomic mass is 32.1. The van der Waals surface area contributed by atoms with Gasteiger partial charge in [-0.1, -0.05) is 70.2 Å². The fourth-order valence-corrected chi connectivity index (χ4v) is 5.40. The van der Waals surface area contributed by atoms with E-state index in [1.165, 1.54) is 43.2 Å². The number of nitrogens with one attached hydrogen (secondary N) is 2. The molecule has 0 saturated carbocycles. The maximum Gasteiger partial charge on any atom is 0.109 e. The molecule has 2 aromatic heterocycles. The van der Waals surface area contributed by atoms with Gasteiger partial charge < -0.3 is 10.3 Å². The van der Waals surface area contributed by atoms with Crippen molar-refractivity contribution in [1.82, 2.24) is 15.3 Å². The summed E-state index contributed by atoms with van der Waals surface area (Å²) in [5.74, 6) is 2.00. The highest BCUT2D eigenvalue weighted by Gasteiger charge is 2.16. The number of aromatic amines is 1. The normalized spacial score (nSPS) is 13.6. The number of benzene rings is 3. The van der Waals surface area contributed by atoms with E-state index in [0.717, 1.165) is 16.9 Å². The first-order chi connectivity index (χ1) is 16.4. The van der Waals surface area contributed by atoms with Gasteiger partial charge in [0.1, 0.15) is 5.82 Å². The van der Waals surface area contributed by atoms with Gasteiger partial charge in [0.2, 0.25) is 0 Å². The molecule has 0 saturated heterocycles. The van der Waals surface area contributed by atoms with Gasteiger partial charge in [0.25, 0.3) is 0 Å². The van der Waals surface area contributed by atoms with E-state index in [0.29, 0.717) is 17.9 Å². The summed E-state index contributed by atoms with van der Waals surface area (Å²) in [6.45, 7) is 13.2. The summed E-state index contributed by atoms with van der Waals surface area (Å²) in [5.41, 5.74) is 7.12. The Morgan fingerprint density at radius 3 is 2.32 bits per heavy atom. The van der Waals surface area contributed by atoms with Crippen molar-refractivity contribution >= 4 is 48.9 Å². The third kappa shape index (κ3) is 3.90. The molecule has 0 amide bonds. The zero-order valence-corrected chi connectivity index (χ0v) is 21.7. The lowest BCUT2D eigenvalue weighted by molar-refractivity contribution is 0.480. The van der Waals surface area contributed by atoms with Gasteiger partial charge in [-0.25, -0.2) is 4.98 Å². The van der Waals surface area contributed by atoms with Crippen LogP contribution in [0.2, 0.25) is 0 Å². The molecule has 5 aromatic rings. The van der Waals surface area contributed by atoms with E-state index in [4.69, 9.17) is 4.98 Å². The van der Waals surface area contributed by atoms with E-state index in [2.05, 4.69) is 112 Å². The fourth-order valence-electron chi connectivity index (χ4n) is 4.48. The lowest BCUT2D eigenvalue weighted by Gasteiger charge is -2.21. The molecule has 34 heavy (non-hydrogen) atoms. The standard InChI is InChI=1S/C30H33N3S/c1-7-26(31-19(6)17(2)3)21-10-8-20(9-11-21)22-12-13-23-25(16-22)29-24(14-15-34-29)28-27(23)32-30(33-28)18(4)5/h7-19,31H,1-6H3,(H,32,33)/b26-7-. The van der Waals surface area contributed by atoms with E-state index in [9.17, 15) is 0 Å². The quantitative estimate of drug-likeness (QED) is 0.262. The predicted molar refractivity (Wildman–Crippen MR) is 150 cm³/mol. The smallest absolute Gasteiger partial charge is 0.109 e. The highest BCUT2D eigenvalue weighted by Crippen LogP contribution is 2.39. The number of thiophene rings is 1. The SMILES string of the molecule is C/C=C(\NC(C)C(C)C)c1ccc(-c2ccc3c(c2)c2sccc2c2nc(C(C)C)[nH]c32)cc1. The second-order valence-electron chi connectivity index (χ2n) is 9.88. The molecule has 0 aliphatic carbocycles. The van der Waals surface area contributed by atoms with E-state index >= 15 is 0 Å². The summed E-state index contributed by atoms with van der Waals surface area (Å²) in [5, 5.41) is 9.62. The molecule has 1 unspecified atom stereocenters. The molecule has 0 fully saturated rings. The Balaban J connectivity index is 1.57. The van der Waals surface area contributed by atoms with Crippen LogP contribution in [0.25, 0.3) is 48.7 Å². The lowest BCUT2D eigenvalue weighted by Crippen LogP contribution is -2.29. The minimum Gasteiger partial charge on any atom is -0.382 e. The Kier molecular flexibility index (Phi) is 5.95. The second-order valence-corrected chi connectivity index (χ2v) is 10.8. The largest absolute Gasteiger partial charge is 0.382 e. The van der Waals surface area contributed by atoms with Crippen molar-refractivity contribution < 1.29 is 0 Å². The van der Waals surface area contributed by atoms with E-state index < -0.39 is 0 Å². The van der Waals surface area contributed by atoms with E-state index in [1.54, 1.807) is 11.3 Å². The average Bonchev–Trinajstić information content (AvgIpc) is 3.50. The number of H-pyrrole nitrogens is 1. The molecule has 174 valence electrons. The van der Waals surface area contributed by atoms with Gasteiger partial charge in [0.05, 0.1) is 11.0 Å². The molecule has 0 spiro atoms. The summed E-state index contributed by atoms with van der Waals surface area (Å²) in [7, 11) is 0. The van der Waals surface area contributed by atoms with Crippen LogP contribution in [-0.4, -0.2) is 16.0 Å². The number of allylic oxidation sites excluding steroid dienone is 1. The minimum atomic E-state index is 0.369. The fraction of sp³-hybridized carbons (Fsp3) is 0.300. The van der Waals surface area contributed by atoms with Crippen molar-refractivity contribution in [3.8, 4) is 11.1 Å². The minimum absolute atomic E-state index is 0.369. The van der Waals surface area contributed by atoms with Crippen molar-refractivity contribution in [1.29, 1.82) is 0 Å². The monoisotopic (exact) mass is 467 g/mol. The van der Waals surface area contributed by atoms with Gasteiger partial charge in [0, 0.05) is 38.5 Å². The lowest BCUT2D eigenvalue weighted by atomic mass is 9.98. The Morgan fingerprint density at radius 2 is 1.65 bits per heavy atom. The molecule has 5 rings (SSSR count). The molecule has 2 heterocycles. The summed E-state index contributed by atoms with van der Waals surface area (Å²) >= 11 is 1.80. The zero-order valence-electron chi connectivity index (χ0n) is 20.9. The molecule has 0 radical (unpaired) electrons. The summed E-state index contributed by atoms with van der Waals surface area (Å²) in [6, 6.07) is 18.4. The average molecular weight is 468 g/mol. The van der Waals surface area contributed by atoms with E-state index in [1.807, 2.05) is 0 Å². The molecular formula is C30H33N3S. The van der Waals surface area contributed by atoms with E-state index in [-0.39, 0.29) is 0 Å². The second kappa shape index (κ2) is 8.92. The Morgan fingerprint density at radius 1 is 0.912 bits per heavy atom. The first-order valence-corrected chi connectivity index (χ1v) is 13.1. The van der Waals surface area contributed by atoms with Crippen LogP contribution in [0.4, 0.5) is 0 Å². The topological polar surface area (TPSA) is 40.7 Å². The van der Waals surface area contributed by atoms with Gasteiger partial charge in [-0.2, -0.15) is 0 Å². The van der Waals surface area contributed by atoms with Gasteiger partial charge in [-0.15, -0.1) is 11.3 Å². The van der Waals surface area contributed by atoms with Crippen molar-refractivity contribution in [2.24, 2.45) is 5.92 Å². The molecule has 0 aliphatic heterocycles. The van der Waals surface area contributed by atoms with Gasteiger partial charge in [-0.05, 0) is 54.0 Å². The molecule has 0 bridgehead atoms. The maximum absolute atomic E-state index is 4.95. The van der Waals surface area contributed by atoms with Crippen LogP contribution in [0.15, 0.2) is 60.0 Å². The molecular weight excluding hydrogens is 434 g/mol. The molecule has 3 aromatic carbocycles. The van der Waals surface area contributed by atoms with Crippen LogP contribution in [-0.2, 0) is 0 Å². The third-order valence-electron chi connectivity index (χ3n) is 6.92. The van der Waals surface area contributed by atoms with Crippen molar-refractivity contribution in [2.75, 3.05) is 0 Å². The number of rotatable bonds is 6. The van der Waals surface area contributed by atoms with Gasteiger partial charge in [-0.3, -0.25) is 0 Å². The zero-order chi connectivity index (χ0) is 24.0. The summed E-state index contributed by atoms with van der Waals surface area (Å²) < 4.78 is 1.31. The van der Waals surface area contributed by atoms with Crippen LogP contribution in [0.3, 0.4) is 0 Å². The molecule has 1 atom stereocenters. The number of imidazole rings is 1. The number of hydrogen-bond donors (Lipinski definition) is 2. The number of aromatic nitrogens is 2. The van der Waals surface area contributed by atoms with Gasteiger partial charge in [0.15, 0.2) is 0 Å². The number of fused-ring (bicyclic) bond motifs is 6. The van der Waals surface area contributed by atoms with Crippen molar-refractivity contribution in [3.05, 3.63) is 71.4 Å². The van der Waals surface area contributed by atoms with Crippen LogP contribution in [0.1, 0.15) is 58.8 Å². The van der Waals surface area contributed by atoms with Crippen LogP contribution in [0.5, 0.6) is 0 Å². The molecule has 3 nitrogen and oxygen atoms in total. The highest BCUT2D eigenvalue weighted by molar-refractivity contribution is 7.18. The first-order valence-electron chi connectivity index (χ1n) is 12.2. The van der Waals surface area contributed by atoms with Crippen molar-refractivity contribution in [2.45, 2.75) is 53.5 Å². The first kappa shape index (κ1) is 22.7. The third-order valence-corrected chi connectivity index (χ3v) is 7.87. The van der Waals surface area contributed by atoms with Crippen LogP contribution < -0.4 is 5.32 Å². The maximum atomic E-state index is 4.95. The number of hydrogen-bond acceptors (Lipinski definition) is 3. The molecule has 0 aliphatic rings. The predicted octanol–water partition coefficient (Wildman–Crippen LogP) is 8.72. The van der Waals surface area contributed by atoms with Crippen molar-refractivity contribution in [3.63, 3.8) is 0 Å². The Labute approximate surface area is 205 Å². The summed E-state index contributed by atoms with van der Waals surface area (Å²) in [6.07, 6.45) is 2.17. The Bertz CT molecular complexity index is 1500. The summed E-state index contributed by atoms with van der Waals surface area (Å²) in [4.78, 5) is 8.56. The molecule has 2 N–H and O–H groups in total. The number of nitrogens with zero attached hydrogens (tertiary/aromatic N) is 1. The van der Waals surface area contributed by atoms with Crippen LogP contribution in [0, 0.1) is 5.92 Å². The van der Waals surface area contributed by atoms with Gasteiger partial charge >= 0.3 is 0 Å². The Hall–Kier alpha value is -3.11. The van der Waals surface area contributed by atoms with Crippen LogP contribution >= 0.6 is 11.3 Å².